The maximum absolute atomic E-state index is 12.1. The molecule has 0 aliphatic heterocycles. The second kappa shape index (κ2) is 6.91. The van der Waals surface area contributed by atoms with Crippen LogP contribution in [0.2, 0.25) is 0 Å². The SMILES string of the molecule is COc1cccc(OCc2ccc(C(=O)Nc3ccn(C)n3)o2)c1. The number of amides is 1. The van der Waals surface area contributed by atoms with Gasteiger partial charge in [0.15, 0.2) is 11.6 Å². The number of benzene rings is 1. The number of ether oxygens (including phenoxy) is 2. The lowest BCUT2D eigenvalue weighted by atomic mass is 10.3. The van der Waals surface area contributed by atoms with Crippen LogP contribution in [0.5, 0.6) is 11.5 Å². The summed E-state index contributed by atoms with van der Waals surface area (Å²) in [6.07, 6.45) is 1.74. The summed E-state index contributed by atoms with van der Waals surface area (Å²) in [7, 11) is 3.37. The monoisotopic (exact) mass is 327 g/mol. The largest absolute Gasteiger partial charge is 0.497 e. The van der Waals surface area contributed by atoms with Crippen molar-refractivity contribution in [1.82, 2.24) is 9.78 Å². The zero-order valence-electron chi connectivity index (χ0n) is 13.4. The number of aryl methyl sites for hydroxylation is 1. The third kappa shape index (κ3) is 3.75. The van der Waals surface area contributed by atoms with Crippen LogP contribution in [0.3, 0.4) is 0 Å². The highest BCUT2D eigenvalue weighted by Crippen LogP contribution is 2.20. The predicted octanol–water partition coefficient (Wildman–Crippen LogP) is 2.85. The van der Waals surface area contributed by atoms with Gasteiger partial charge in [0.25, 0.3) is 5.91 Å². The minimum absolute atomic E-state index is 0.199. The number of aromatic nitrogens is 2. The minimum Gasteiger partial charge on any atom is -0.497 e. The van der Waals surface area contributed by atoms with Crippen molar-refractivity contribution >= 4 is 11.7 Å². The molecule has 0 bridgehead atoms. The van der Waals surface area contributed by atoms with E-state index in [0.29, 0.717) is 23.1 Å². The number of anilines is 1. The summed E-state index contributed by atoms with van der Waals surface area (Å²) >= 11 is 0. The van der Waals surface area contributed by atoms with E-state index in [0.717, 1.165) is 0 Å². The molecular formula is C17H17N3O4. The number of carbonyl (C=O) groups is 1. The zero-order chi connectivity index (χ0) is 16.9. The second-order valence-electron chi connectivity index (χ2n) is 5.06. The molecule has 0 aliphatic rings. The van der Waals surface area contributed by atoms with Gasteiger partial charge < -0.3 is 19.2 Å². The maximum atomic E-state index is 12.1. The molecule has 1 amide bonds. The Hall–Kier alpha value is -3.22. The average molecular weight is 327 g/mol. The Labute approximate surface area is 138 Å². The van der Waals surface area contributed by atoms with Crippen LogP contribution in [-0.4, -0.2) is 22.8 Å². The van der Waals surface area contributed by atoms with E-state index in [-0.39, 0.29) is 18.3 Å². The topological polar surface area (TPSA) is 78.5 Å². The number of furan rings is 1. The minimum atomic E-state index is -0.360. The van der Waals surface area contributed by atoms with Crippen molar-refractivity contribution in [3.63, 3.8) is 0 Å². The van der Waals surface area contributed by atoms with Crippen LogP contribution in [0.25, 0.3) is 0 Å². The summed E-state index contributed by atoms with van der Waals surface area (Å²) in [4.78, 5) is 12.1. The van der Waals surface area contributed by atoms with Crippen LogP contribution in [-0.2, 0) is 13.7 Å². The van der Waals surface area contributed by atoms with Gasteiger partial charge in [0.05, 0.1) is 7.11 Å². The fourth-order valence-corrected chi connectivity index (χ4v) is 2.08. The molecule has 3 aromatic rings. The summed E-state index contributed by atoms with van der Waals surface area (Å²) in [5, 5.41) is 6.74. The number of carbonyl (C=O) groups excluding carboxylic acids is 1. The molecule has 1 N–H and O–H groups in total. The molecule has 1 aromatic carbocycles. The van der Waals surface area contributed by atoms with Gasteiger partial charge in [0.2, 0.25) is 0 Å². The lowest BCUT2D eigenvalue weighted by molar-refractivity contribution is 0.0992. The van der Waals surface area contributed by atoms with E-state index in [1.807, 2.05) is 18.2 Å². The first-order chi connectivity index (χ1) is 11.6. The van der Waals surface area contributed by atoms with Crippen molar-refractivity contribution in [2.24, 2.45) is 7.05 Å². The fourth-order valence-electron chi connectivity index (χ4n) is 2.08. The van der Waals surface area contributed by atoms with Gasteiger partial charge in [-0.25, -0.2) is 0 Å². The van der Waals surface area contributed by atoms with E-state index in [2.05, 4.69) is 10.4 Å². The van der Waals surface area contributed by atoms with Gasteiger partial charge in [-0.15, -0.1) is 0 Å². The second-order valence-corrected chi connectivity index (χ2v) is 5.06. The van der Waals surface area contributed by atoms with E-state index >= 15 is 0 Å². The van der Waals surface area contributed by atoms with Crippen LogP contribution in [0, 0.1) is 0 Å². The highest BCUT2D eigenvalue weighted by atomic mass is 16.5. The quantitative estimate of drug-likeness (QED) is 0.753. The average Bonchev–Trinajstić information content (AvgIpc) is 3.22. The van der Waals surface area contributed by atoms with E-state index in [1.165, 1.54) is 0 Å². The normalized spacial score (nSPS) is 10.4. The van der Waals surface area contributed by atoms with Crippen LogP contribution in [0.1, 0.15) is 16.3 Å². The molecule has 0 saturated carbocycles. The molecule has 0 spiro atoms. The number of methoxy groups -OCH3 is 1. The fraction of sp³-hybridized carbons (Fsp3) is 0.176. The number of nitrogens with zero attached hydrogens (tertiary/aromatic N) is 2. The van der Waals surface area contributed by atoms with Crippen molar-refractivity contribution in [1.29, 1.82) is 0 Å². The Bertz CT molecular complexity index is 838. The number of hydrogen-bond donors (Lipinski definition) is 1. The third-order valence-corrected chi connectivity index (χ3v) is 3.26. The van der Waals surface area contributed by atoms with Crippen molar-refractivity contribution in [2.45, 2.75) is 6.61 Å². The van der Waals surface area contributed by atoms with Crippen LogP contribution in [0.4, 0.5) is 5.82 Å². The van der Waals surface area contributed by atoms with Gasteiger partial charge in [-0.1, -0.05) is 6.07 Å². The highest BCUT2D eigenvalue weighted by Gasteiger charge is 2.13. The summed E-state index contributed by atoms with van der Waals surface area (Å²) < 4.78 is 17.9. The molecule has 7 nitrogen and oxygen atoms in total. The van der Waals surface area contributed by atoms with Crippen LogP contribution < -0.4 is 14.8 Å². The van der Waals surface area contributed by atoms with Gasteiger partial charge in [-0.05, 0) is 24.3 Å². The molecule has 2 heterocycles. The Balaban J connectivity index is 1.59. The molecule has 0 fully saturated rings. The van der Waals surface area contributed by atoms with Crippen molar-refractivity contribution < 1.29 is 18.7 Å². The van der Waals surface area contributed by atoms with Crippen LogP contribution in [0.15, 0.2) is 53.1 Å². The first-order valence-corrected chi connectivity index (χ1v) is 7.30. The van der Waals surface area contributed by atoms with Crippen LogP contribution >= 0.6 is 0 Å². The molecule has 24 heavy (non-hydrogen) atoms. The van der Waals surface area contributed by atoms with Gasteiger partial charge in [0, 0.05) is 25.4 Å². The lowest BCUT2D eigenvalue weighted by Crippen LogP contribution is -2.11. The Morgan fingerprint density at radius 2 is 2.08 bits per heavy atom. The lowest BCUT2D eigenvalue weighted by Gasteiger charge is -2.06. The molecule has 0 aliphatic carbocycles. The molecule has 124 valence electrons. The first kappa shape index (κ1) is 15.7. The molecule has 0 unspecified atom stereocenters. The molecule has 3 rings (SSSR count). The van der Waals surface area contributed by atoms with E-state index < -0.39 is 0 Å². The van der Waals surface area contributed by atoms with Crippen molar-refractivity contribution in [2.75, 3.05) is 12.4 Å². The molecule has 0 saturated heterocycles. The molecule has 7 heteroatoms. The standard InChI is InChI=1S/C17H17N3O4/c1-20-9-8-16(19-20)18-17(21)15-7-6-14(24-15)11-23-13-5-3-4-12(10-13)22-2/h3-10H,11H2,1-2H3,(H,18,19,21). The van der Waals surface area contributed by atoms with Crippen molar-refractivity contribution in [3.8, 4) is 11.5 Å². The van der Waals surface area contributed by atoms with E-state index in [1.54, 1.807) is 49.3 Å². The van der Waals surface area contributed by atoms with Gasteiger partial charge in [-0.2, -0.15) is 5.10 Å². The smallest absolute Gasteiger partial charge is 0.292 e. The number of hydrogen-bond acceptors (Lipinski definition) is 5. The summed E-state index contributed by atoms with van der Waals surface area (Å²) in [6.45, 7) is 0.212. The first-order valence-electron chi connectivity index (χ1n) is 7.30. The summed E-state index contributed by atoms with van der Waals surface area (Å²) in [5.41, 5.74) is 0. The Kier molecular flexibility index (Phi) is 4.51. The molecule has 0 atom stereocenters. The van der Waals surface area contributed by atoms with Crippen molar-refractivity contribution in [3.05, 3.63) is 60.2 Å². The number of nitrogens with one attached hydrogen (secondary N) is 1. The van der Waals surface area contributed by atoms with E-state index in [4.69, 9.17) is 13.9 Å². The van der Waals surface area contributed by atoms with Gasteiger partial charge in [0.1, 0.15) is 23.9 Å². The summed E-state index contributed by atoms with van der Waals surface area (Å²) in [5.74, 6) is 2.22. The predicted molar refractivity (Wildman–Crippen MR) is 87.2 cm³/mol. The van der Waals surface area contributed by atoms with E-state index in [9.17, 15) is 4.79 Å². The maximum Gasteiger partial charge on any atom is 0.292 e. The molecule has 2 aromatic heterocycles. The Morgan fingerprint density at radius 3 is 2.83 bits per heavy atom. The highest BCUT2D eigenvalue weighted by molar-refractivity contribution is 6.01. The number of rotatable bonds is 6. The van der Waals surface area contributed by atoms with Gasteiger partial charge >= 0.3 is 0 Å². The zero-order valence-corrected chi connectivity index (χ0v) is 13.4. The van der Waals surface area contributed by atoms with Gasteiger partial charge in [-0.3, -0.25) is 9.48 Å². The summed E-state index contributed by atoms with van der Waals surface area (Å²) in [6, 6.07) is 12.3. The molecule has 0 radical (unpaired) electrons. The molecular weight excluding hydrogens is 310 g/mol. The third-order valence-electron chi connectivity index (χ3n) is 3.26. The Morgan fingerprint density at radius 1 is 1.25 bits per heavy atom.